The Kier molecular flexibility index (Phi) is 4.61. The van der Waals surface area contributed by atoms with E-state index in [1.165, 1.54) is 27.9 Å². The summed E-state index contributed by atoms with van der Waals surface area (Å²) in [6, 6.07) is 6.68. The summed E-state index contributed by atoms with van der Waals surface area (Å²) in [4.78, 5) is 0. The van der Waals surface area contributed by atoms with Crippen LogP contribution >= 0.6 is 0 Å². The zero-order chi connectivity index (χ0) is 14.7. The highest BCUT2D eigenvalue weighted by atomic mass is 15.3. The largest absolute Gasteiger partial charge is 0.313 e. The van der Waals surface area contributed by atoms with Crippen molar-refractivity contribution in [3.05, 3.63) is 41.2 Å². The van der Waals surface area contributed by atoms with E-state index in [4.69, 9.17) is 0 Å². The van der Waals surface area contributed by atoms with Gasteiger partial charge in [0.05, 0.1) is 5.69 Å². The molecule has 0 aliphatic carbocycles. The van der Waals surface area contributed by atoms with Crippen molar-refractivity contribution in [1.82, 2.24) is 15.1 Å². The highest BCUT2D eigenvalue weighted by molar-refractivity contribution is 5.70. The maximum atomic E-state index is 4.63. The lowest BCUT2D eigenvalue weighted by atomic mass is 9.94. The molecule has 0 unspecified atom stereocenters. The summed E-state index contributed by atoms with van der Waals surface area (Å²) < 4.78 is 1.92. The Hall–Kier alpha value is -1.61. The molecule has 0 atom stereocenters. The maximum absolute atomic E-state index is 4.63. The van der Waals surface area contributed by atoms with Crippen LogP contribution < -0.4 is 5.32 Å². The summed E-state index contributed by atoms with van der Waals surface area (Å²) in [7, 11) is 2.00. The lowest BCUT2D eigenvalue weighted by Gasteiger charge is -2.12. The molecule has 1 aromatic heterocycles. The van der Waals surface area contributed by atoms with Crippen LogP contribution in [-0.4, -0.2) is 16.3 Å². The summed E-state index contributed by atoms with van der Waals surface area (Å²) in [5, 5.41) is 8.06. The molecule has 1 aromatic carbocycles. The molecule has 2 rings (SSSR count). The number of rotatable bonds is 5. The standard InChI is InChI=1S/C17H25N3/c1-6-18-10-14-8-7-13(4)9-15(14)16-11-20(5)19-17(16)12(2)3/h7-9,11-12,18H,6,10H2,1-5H3. The van der Waals surface area contributed by atoms with Crippen molar-refractivity contribution in [2.45, 2.75) is 40.2 Å². The minimum Gasteiger partial charge on any atom is -0.313 e. The summed E-state index contributed by atoms with van der Waals surface area (Å²) in [6.45, 7) is 10.6. The second kappa shape index (κ2) is 6.23. The van der Waals surface area contributed by atoms with E-state index in [0.717, 1.165) is 13.1 Å². The molecule has 3 heteroatoms. The van der Waals surface area contributed by atoms with Gasteiger partial charge in [-0.25, -0.2) is 0 Å². The van der Waals surface area contributed by atoms with Crippen molar-refractivity contribution < 1.29 is 0 Å². The van der Waals surface area contributed by atoms with Crippen molar-refractivity contribution >= 4 is 0 Å². The molecular weight excluding hydrogens is 246 g/mol. The summed E-state index contributed by atoms with van der Waals surface area (Å²) in [5.74, 6) is 0.429. The van der Waals surface area contributed by atoms with Crippen LogP contribution in [0.15, 0.2) is 24.4 Å². The molecule has 0 saturated heterocycles. The molecule has 1 N–H and O–H groups in total. The molecule has 2 aromatic rings. The molecule has 0 radical (unpaired) electrons. The molecule has 20 heavy (non-hydrogen) atoms. The first-order valence-electron chi connectivity index (χ1n) is 7.37. The Labute approximate surface area is 122 Å². The third-order valence-electron chi connectivity index (χ3n) is 3.53. The molecule has 0 amide bonds. The fourth-order valence-corrected chi connectivity index (χ4v) is 2.49. The number of aryl methyl sites for hydroxylation is 2. The van der Waals surface area contributed by atoms with Gasteiger partial charge < -0.3 is 5.32 Å². The fraction of sp³-hybridized carbons (Fsp3) is 0.471. The highest BCUT2D eigenvalue weighted by Crippen LogP contribution is 2.31. The molecule has 0 spiro atoms. The number of benzene rings is 1. The molecule has 0 bridgehead atoms. The lowest BCUT2D eigenvalue weighted by molar-refractivity contribution is 0.713. The van der Waals surface area contributed by atoms with E-state index in [0.29, 0.717) is 5.92 Å². The number of nitrogens with one attached hydrogen (secondary N) is 1. The summed E-state index contributed by atoms with van der Waals surface area (Å²) in [5.41, 5.74) is 6.38. The maximum Gasteiger partial charge on any atom is 0.0728 e. The predicted molar refractivity (Wildman–Crippen MR) is 84.9 cm³/mol. The monoisotopic (exact) mass is 271 g/mol. The predicted octanol–water partition coefficient (Wildman–Crippen LogP) is 3.63. The topological polar surface area (TPSA) is 29.9 Å². The third kappa shape index (κ3) is 3.10. The SMILES string of the molecule is CCNCc1ccc(C)cc1-c1cn(C)nc1C(C)C. The van der Waals surface area contributed by atoms with Gasteiger partial charge in [-0.1, -0.05) is 44.5 Å². The zero-order valence-corrected chi connectivity index (χ0v) is 13.2. The molecule has 0 fully saturated rings. The van der Waals surface area contributed by atoms with Gasteiger partial charge in [0.1, 0.15) is 0 Å². The molecule has 0 aliphatic rings. The second-order valence-electron chi connectivity index (χ2n) is 5.70. The Morgan fingerprint density at radius 3 is 2.65 bits per heavy atom. The van der Waals surface area contributed by atoms with Gasteiger partial charge in [-0.05, 0) is 30.5 Å². The average molecular weight is 271 g/mol. The third-order valence-corrected chi connectivity index (χ3v) is 3.53. The Balaban J connectivity index is 2.53. The van der Waals surface area contributed by atoms with Crippen LogP contribution in [0.1, 0.15) is 43.5 Å². The number of nitrogens with zero attached hydrogens (tertiary/aromatic N) is 2. The van der Waals surface area contributed by atoms with Gasteiger partial charge in [0.15, 0.2) is 0 Å². The highest BCUT2D eigenvalue weighted by Gasteiger charge is 2.15. The van der Waals surface area contributed by atoms with E-state index < -0.39 is 0 Å². The van der Waals surface area contributed by atoms with Crippen LogP contribution in [0.3, 0.4) is 0 Å². The van der Waals surface area contributed by atoms with Crippen LogP contribution in [0.2, 0.25) is 0 Å². The van der Waals surface area contributed by atoms with Gasteiger partial charge in [0.25, 0.3) is 0 Å². The van der Waals surface area contributed by atoms with E-state index in [-0.39, 0.29) is 0 Å². The smallest absolute Gasteiger partial charge is 0.0728 e. The van der Waals surface area contributed by atoms with Crippen molar-refractivity contribution in [1.29, 1.82) is 0 Å². The molecular formula is C17H25N3. The summed E-state index contributed by atoms with van der Waals surface area (Å²) in [6.07, 6.45) is 2.14. The van der Waals surface area contributed by atoms with Crippen LogP contribution in [0, 0.1) is 6.92 Å². The van der Waals surface area contributed by atoms with E-state index in [9.17, 15) is 0 Å². The van der Waals surface area contributed by atoms with Gasteiger partial charge >= 0.3 is 0 Å². The Morgan fingerprint density at radius 2 is 2.00 bits per heavy atom. The first-order chi connectivity index (χ1) is 9.52. The quantitative estimate of drug-likeness (QED) is 0.900. The van der Waals surface area contributed by atoms with Crippen molar-refractivity contribution in [3.8, 4) is 11.1 Å². The molecule has 0 saturated carbocycles. The van der Waals surface area contributed by atoms with E-state index >= 15 is 0 Å². The first kappa shape index (κ1) is 14.8. The summed E-state index contributed by atoms with van der Waals surface area (Å²) >= 11 is 0. The molecule has 108 valence electrons. The van der Waals surface area contributed by atoms with Crippen LogP contribution in [0.25, 0.3) is 11.1 Å². The number of hydrogen-bond donors (Lipinski definition) is 1. The minimum atomic E-state index is 0.429. The van der Waals surface area contributed by atoms with Gasteiger partial charge in [-0.2, -0.15) is 5.10 Å². The van der Waals surface area contributed by atoms with E-state index in [1.54, 1.807) is 0 Å². The minimum absolute atomic E-state index is 0.429. The van der Waals surface area contributed by atoms with Gasteiger partial charge in [0.2, 0.25) is 0 Å². The van der Waals surface area contributed by atoms with Crippen LogP contribution in [0.4, 0.5) is 0 Å². The van der Waals surface area contributed by atoms with E-state index in [2.05, 4.69) is 62.5 Å². The Morgan fingerprint density at radius 1 is 1.25 bits per heavy atom. The van der Waals surface area contributed by atoms with Gasteiger partial charge in [0, 0.05) is 25.4 Å². The van der Waals surface area contributed by atoms with Gasteiger partial charge in [-0.15, -0.1) is 0 Å². The van der Waals surface area contributed by atoms with Crippen molar-refractivity contribution in [2.24, 2.45) is 7.05 Å². The average Bonchev–Trinajstić information content (AvgIpc) is 2.79. The fourth-order valence-electron chi connectivity index (χ4n) is 2.49. The molecule has 1 heterocycles. The van der Waals surface area contributed by atoms with E-state index in [1.807, 2.05) is 11.7 Å². The second-order valence-corrected chi connectivity index (χ2v) is 5.70. The molecule has 0 aliphatic heterocycles. The zero-order valence-electron chi connectivity index (χ0n) is 13.2. The normalized spacial score (nSPS) is 11.3. The molecule has 3 nitrogen and oxygen atoms in total. The van der Waals surface area contributed by atoms with Crippen LogP contribution in [0.5, 0.6) is 0 Å². The Bertz CT molecular complexity index is 582. The number of aromatic nitrogens is 2. The van der Waals surface area contributed by atoms with Crippen LogP contribution in [-0.2, 0) is 13.6 Å². The number of hydrogen-bond acceptors (Lipinski definition) is 2. The first-order valence-corrected chi connectivity index (χ1v) is 7.37. The van der Waals surface area contributed by atoms with Crippen molar-refractivity contribution in [2.75, 3.05) is 6.54 Å². The van der Waals surface area contributed by atoms with Gasteiger partial charge in [-0.3, -0.25) is 4.68 Å². The lowest BCUT2D eigenvalue weighted by Crippen LogP contribution is -2.12. The van der Waals surface area contributed by atoms with Crippen molar-refractivity contribution in [3.63, 3.8) is 0 Å².